The van der Waals surface area contributed by atoms with E-state index in [4.69, 9.17) is 9.97 Å². The van der Waals surface area contributed by atoms with E-state index in [9.17, 15) is 5.26 Å². The predicted molar refractivity (Wildman–Crippen MR) is 142 cm³/mol. The first kappa shape index (κ1) is 23.1. The molecule has 0 aliphatic carbocycles. The summed E-state index contributed by atoms with van der Waals surface area (Å²) in [5.74, 6) is 0.737. The highest BCUT2D eigenvalue weighted by molar-refractivity contribution is 7.98. The summed E-state index contributed by atoms with van der Waals surface area (Å²) < 4.78 is 0. The standard InChI is InChI=1S/C29H27N5S/c1-35-29-31-26(22-11-5-2-6-12-22)25(21-30)28(32-29)34-19-17-33(18-20-34)27(23-13-7-3-8-14-23)24-15-9-4-10-16-24/h2-16,27H,17-20H2,1H3. The van der Waals surface area contributed by atoms with Crippen LogP contribution in [0.5, 0.6) is 0 Å². The smallest absolute Gasteiger partial charge is 0.189 e. The van der Waals surface area contributed by atoms with Crippen molar-refractivity contribution in [2.24, 2.45) is 0 Å². The van der Waals surface area contributed by atoms with E-state index in [1.807, 2.05) is 36.6 Å². The van der Waals surface area contributed by atoms with Gasteiger partial charge in [0.2, 0.25) is 0 Å². The first-order valence-electron chi connectivity index (χ1n) is 11.8. The van der Waals surface area contributed by atoms with Gasteiger partial charge in [0.25, 0.3) is 0 Å². The highest BCUT2D eigenvalue weighted by atomic mass is 32.2. The molecule has 1 fully saturated rings. The molecule has 3 aromatic carbocycles. The van der Waals surface area contributed by atoms with Crippen molar-refractivity contribution in [1.82, 2.24) is 14.9 Å². The van der Waals surface area contributed by atoms with Crippen LogP contribution in [-0.2, 0) is 0 Å². The molecule has 5 nitrogen and oxygen atoms in total. The van der Waals surface area contributed by atoms with Gasteiger partial charge in [-0.25, -0.2) is 9.97 Å². The first-order chi connectivity index (χ1) is 17.3. The average Bonchev–Trinajstić information content (AvgIpc) is 2.94. The van der Waals surface area contributed by atoms with E-state index in [0.29, 0.717) is 16.4 Å². The number of hydrogen-bond donors (Lipinski definition) is 0. The van der Waals surface area contributed by atoms with Crippen molar-refractivity contribution in [2.45, 2.75) is 11.2 Å². The SMILES string of the molecule is CSc1nc(-c2ccccc2)c(C#N)c(N2CCN(C(c3ccccc3)c3ccccc3)CC2)n1. The Kier molecular flexibility index (Phi) is 7.08. The van der Waals surface area contributed by atoms with Crippen molar-refractivity contribution in [1.29, 1.82) is 5.26 Å². The van der Waals surface area contributed by atoms with E-state index in [-0.39, 0.29) is 6.04 Å². The number of piperazine rings is 1. The zero-order valence-electron chi connectivity index (χ0n) is 19.7. The largest absolute Gasteiger partial charge is 0.353 e. The minimum absolute atomic E-state index is 0.196. The van der Waals surface area contributed by atoms with Crippen LogP contribution in [0.25, 0.3) is 11.3 Å². The van der Waals surface area contributed by atoms with Gasteiger partial charge in [-0.05, 0) is 17.4 Å². The second-order valence-electron chi connectivity index (χ2n) is 8.48. The lowest BCUT2D eigenvalue weighted by Crippen LogP contribution is -2.48. The Bertz CT molecular complexity index is 1260. The monoisotopic (exact) mass is 477 g/mol. The van der Waals surface area contributed by atoms with E-state index in [1.165, 1.54) is 22.9 Å². The lowest BCUT2D eigenvalue weighted by molar-refractivity contribution is 0.212. The molecule has 1 saturated heterocycles. The maximum Gasteiger partial charge on any atom is 0.189 e. The molecular weight excluding hydrogens is 450 g/mol. The Balaban J connectivity index is 1.45. The van der Waals surface area contributed by atoms with Crippen LogP contribution < -0.4 is 4.90 Å². The maximum atomic E-state index is 10.1. The predicted octanol–water partition coefficient (Wildman–Crippen LogP) is 5.65. The third kappa shape index (κ3) is 4.93. The molecule has 1 aliphatic rings. The number of benzene rings is 3. The zero-order valence-corrected chi connectivity index (χ0v) is 20.5. The van der Waals surface area contributed by atoms with Crippen molar-refractivity contribution in [2.75, 3.05) is 37.3 Å². The summed E-state index contributed by atoms with van der Waals surface area (Å²) in [7, 11) is 0. The second-order valence-corrected chi connectivity index (χ2v) is 9.26. The molecule has 2 heterocycles. The van der Waals surface area contributed by atoms with Crippen LogP contribution >= 0.6 is 11.8 Å². The number of nitrogens with zero attached hydrogens (tertiary/aromatic N) is 5. The highest BCUT2D eigenvalue weighted by Gasteiger charge is 2.29. The van der Waals surface area contributed by atoms with E-state index >= 15 is 0 Å². The molecule has 0 radical (unpaired) electrons. The third-order valence-corrected chi connectivity index (χ3v) is 6.97. The van der Waals surface area contributed by atoms with Crippen LogP contribution in [-0.4, -0.2) is 47.3 Å². The number of anilines is 1. The van der Waals surface area contributed by atoms with Crippen LogP contribution in [0.2, 0.25) is 0 Å². The fraction of sp³-hybridized carbons (Fsp3) is 0.207. The van der Waals surface area contributed by atoms with Gasteiger partial charge in [0.15, 0.2) is 11.0 Å². The van der Waals surface area contributed by atoms with Gasteiger partial charge in [0.05, 0.1) is 11.7 Å². The highest BCUT2D eigenvalue weighted by Crippen LogP contribution is 2.33. The van der Waals surface area contributed by atoms with Crippen molar-refractivity contribution in [3.05, 3.63) is 108 Å². The van der Waals surface area contributed by atoms with Crippen LogP contribution in [0.15, 0.2) is 96.2 Å². The molecule has 1 aromatic heterocycles. The molecule has 5 rings (SSSR count). The van der Waals surface area contributed by atoms with Crippen LogP contribution in [0.4, 0.5) is 5.82 Å². The number of rotatable bonds is 6. The van der Waals surface area contributed by atoms with Gasteiger partial charge in [-0.15, -0.1) is 0 Å². The fourth-order valence-electron chi connectivity index (χ4n) is 4.73. The van der Waals surface area contributed by atoms with Gasteiger partial charge in [0.1, 0.15) is 11.6 Å². The van der Waals surface area contributed by atoms with Gasteiger partial charge in [-0.2, -0.15) is 5.26 Å². The molecule has 0 bridgehead atoms. The van der Waals surface area contributed by atoms with E-state index < -0.39 is 0 Å². The molecule has 0 amide bonds. The van der Waals surface area contributed by atoms with Gasteiger partial charge in [-0.1, -0.05) is 103 Å². The van der Waals surface area contributed by atoms with Crippen LogP contribution in [0.1, 0.15) is 22.7 Å². The number of aromatic nitrogens is 2. The summed E-state index contributed by atoms with van der Waals surface area (Å²) in [4.78, 5) is 14.3. The fourth-order valence-corrected chi connectivity index (χ4v) is 5.09. The van der Waals surface area contributed by atoms with Crippen molar-refractivity contribution >= 4 is 17.6 Å². The summed E-state index contributed by atoms with van der Waals surface area (Å²) in [5.41, 5.74) is 4.78. The van der Waals surface area contributed by atoms with E-state index in [2.05, 4.69) is 76.5 Å². The Morgan fingerprint density at radius 3 is 1.83 bits per heavy atom. The summed E-state index contributed by atoms with van der Waals surface area (Å²) in [6.07, 6.45) is 1.97. The Labute approximate surface area is 211 Å². The molecule has 0 spiro atoms. The number of thioether (sulfide) groups is 1. The first-order valence-corrected chi connectivity index (χ1v) is 13.0. The molecular formula is C29H27N5S. The quantitative estimate of drug-likeness (QED) is 0.264. The lowest BCUT2D eigenvalue weighted by atomic mass is 9.96. The summed E-state index contributed by atoms with van der Waals surface area (Å²) in [6, 6.07) is 33.9. The molecule has 0 unspecified atom stereocenters. The summed E-state index contributed by atoms with van der Waals surface area (Å²) in [6.45, 7) is 3.34. The molecule has 0 saturated carbocycles. The number of hydrogen-bond acceptors (Lipinski definition) is 6. The molecule has 174 valence electrons. The molecule has 35 heavy (non-hydrogen) atoms. The molecule has 0 N–H and O–H groups in total. The minimum Gasteiger partial charge on any atom is -0.353 e. The molecule has 0 atom stereocenters. The van der Waals surface area contributed by atoms with Crippen LogP contribution in [0.3, 0.4) is 0 Å². The molecule has 6 heteroatoms. The number of nitriles is 1. The third-order valence-electron chi connectivity index (χ3n) is 6.42. The zero-order chi connectivity index (χ0) is 24.0. The Hall–Kier alpha value is -3.66. The molecule has 4 aromatic rings. The van der Waals surface area contributed by atoms with Crippen molar-refractivity contribution < 1.29 is 0 Å². The van der Waals surface area contributed by atoms with Gasteiger partial charge in [-0.3, -0.25) is 4.90 Å². The summed E-state index contributed by atoms with van der Waals surface area (Å²) >= 11 is 1.51. The Morgan fingerprint density at radius 1 is 0.771 bits per heavy atom. The van der Waals surface area contributed by atoms with Crippen molar-refractivity contribution in [3.63, 3.8) is 0 Å². The van der Waals surface area contributed by atoms with Crippen molar-refractivity contribution in [3.8, 4) is 17.3 Å². The lowest BCUT2D eigenvalue weighted by Gasteiger charge is -2.40. The van der Waals surface area contributed by atoms with Gasteiger partial charge < -0.3 is 4.90 Å². The topological polar surface area (TPSA) is 56.1 Å². The average molecular weight is 478 g/mol. The summed E-state index contributed by atoms with van der Waals surface area (Å²) in [5, 5.41) is 10.8. The van der Waals surface area contributed by atoms with Crippen LogP contribution in [0, 0.1) is 11.3 Å². The van der Waals surface area contributed by atoms with E-state index in [0.717, 1.165) is 37.6 Å². The maximum absolute atomic E-state index is 10.1. The van der Waals surface area contributed by atoms with Gasteiger partial charge >= 0.3 is 0 Å². The Morgan fingerprint density at radius 2 is 1.31 bits per heavy atom. The minimum atomic E-state index is 0.196. The van der Waals surface area contributed by atoms with E-state index in [1.54, 1.807) is 0 Å². The van der Waals surface area contributed by atoms with Gasteiger partial charge in [0, 0.05) is 31.7 Å². The normalized spacial score (nSPS) is 14.1. The second kappa shape index (κ2) is 10.7. The molecule has 1 aliphatic heterocycles.